The molecule has 8 nitrogen and oxygen atoms in total. The average molecular weight is 384 g/mol. The van der Waals surface area contributed by atoms with E-state index in [9.17, 15) is 22.7 Å². The molecule has 2 aromatic rings. The van der Waals surface area contributed by atoms with E-state index in [1.807, 2.05) is 6.92 Å². The number of carbonyl (C=O) groups excluding carboxylic acids is 1. The summed E-state index contributed by atoms with van der Waals surface area (Å²) in [5.74, 6) is -3.63. The normalized spacial score (nSPS) is 20.3. The first-order chi connectivity index (χ1) is 12.1. The third-order valence-corrected chi connectivity index (χ3v) is 6.03. The van der Waals surface area contributed by atoms with Crippen molar-refractivity contribution in [2.45, 2.75) is 25.3 Å². The van der Waals surface area contributed by atoms with Gasteiger partial charge >= 0.3 is 10.2 Å². The fraction of sp³-hybridized carbons (Fsp3) is 0.333. The molecule has 1 aromatic carbocycles. The minimum atomic E-state index is -4.33. The lowest BCUT2D eigenvalue weighted by atomic mass is 10.1. The number of aromatic hydroxyl groups is 1. The van der Waals surface area contributed by atoms with Crippen LogP contribution in [0.25, 0.3) is 11.1 Å². The maximum absolute atomic E-state index is 15.0. The number of nitrogens with zero attached hydrogens (tertiary/aromatic N) is 3. The molecule has 0 radical (unpaired) electrons. The molecule has 1 saturated heterocycles. The second kappa shape index (κ2) is 5.16. The van der Waals surface area contributed by atoms with Gasteiger partial charge in [0.05, 0.1) is 11.1 Å². The molecule has 1 aromatic heterocycles. The van der Waals surface area contributed by atoms with Crippen LogP contribution in [0.3, 0.4) is 0 Å². The Morgan fingerprint density at radius 1 is 1.27 bits per heavy atom. The lowest BCUT2D eigenvalue weighted by Crippen LogP contribution is -2.30. The van der Waals surface area contributed by atoms with E-state index in [1.165, 1.54) is 10.9 Å². The summed E-state index contributed by atoms with van der Waals surface area (Å²) in [6.45, 7) is 1.20. The van der Waals surface area contributed by atoms with Crippen LogP contribution in [-0.4, -0.2) is 35.8 Å². The zero-order valence-electron chi connectivity index (χ0n) is 13.5. The van der Waals surface area contributed by atoms with Gasteiger partial charge in [0.2, 0.25) is 5.95 Å². The molecule has 26 heavy (non-hydrogen) atoms. The van der Waals surface area contributed by atoms with E-state index < -0.39 is 45.9 Å². The lowest BCUT2D eigenvalue weighted by molar-refractivity contribution is -0.117. The molecular formula is C15H14F2N4O4S. The molecule has 2 heterocycles. The van der Waals surface area contributed by atoms with Gasteiger partial charge in [-0.25, -0.2) is 13.4 Å². The number of phenols is 1. The van der Waals surface area contributed by atoms with E-state index in [0.717, 1.165) is 25.0 Å². The summed E-state index contributed by atoms with van der Waals surface area (Å²) in [6, 6.07) is 2.17. The fourth-order valence-electron chi connectivity index (χ4n) is 2.87. The second-order valence-electron chi connectivity index (χ2n) is 6.61. The molecule has 1 amide bonds. The molecule has 138 valence electrons. The van der Waals surface area contributed by atoms with Crippen LogP contribution in [-0.2, 0) is 20.5 Å². The molecule has 1 aliphatic carbocycles. The van der Waals surface area contributed by atoms with Crippen LogP contribution in [0.1, 0.15) is 19.8 Å². The first-order valence-electron chi connectivity index (χ1n) is 7.73. The van der Waals surface area contributed by atoms with Crippen molar-refractivity contribution in [1.82, 2.24) is 14.5 Å². The van der Waals surface area contributed by atoms with Crippen molar-refractivity contribution >= 4 is 21.8 Å². The second-order valence-corrected chi connectivity index (χ2v) is 8.20. The minimum absolute atomic E-state index is 0.159. The van der Waals surface area contributed by atoms with Gasteiger partial charge in [0, 0.05) is 11.8 Å². The molecule has 0 spiro atoms. The summed E-state index contributed by atoms with van der Waals surface area (Å²) in [7, 11) is -4.33. The van der Waals surface area contributed by atoms with Gasteiger partial charge in [-0.1, -0.05) is 0 Å². The molecule has 11 heteroatoms. The van der Waals surface area contributed by atoms with Crippen molar-refractivity contribution in [1.29, 1.82) is 0 Å². The van der Waals surface area contributed by atoms with E-state index >= 15 is 4.39 Å². The average Bonchev–Trinajstić information content (AvgIpc) is 3.07. The van der Waals surface area contributed by atoms with Crippen LogP contribution in [0.15, 0.2) is 18.3 Å². The quantitative estimate of drug-likeness (QED) is 0.828. The van der Waals surface area contributed by atoms with Gasteiger partial charge < -0.3 is 5.11 Å². The van der Waals surface area contributed by atoms with E-state index in [1.54, 1.807) is 4.72 Å². The highest BCUT2D eigenvalue weighted by atomic mass is 32.2. The smallest absolute Gasteiger partial charge is 0.326 e. The Balaban J connectivity index is 1.85. The number of nitrogens with one attached hydrogen (secondary N) is 1. The molecule has 2 aliphatic rings. The van der Waals surface area contributed by atoms with Crippen molar-refractivity contribution in [3.8, 4) is 16.9 Å². The highest BCUT2D eigenvalue weighted by Gasteiger charge is 2.42. The molecule has 0 bridgehead atoms. The highest BCUT2D eigenvalue weighted by molar-refractivity contribution is 7.92. The third-order valence-electron chi connectivity index (χ3n) is 4.65. The number of halogens is 2. The third kappa shape index (κ3) is 2.42. The predicted molar refractivity (Wildman–Crippen MR) is 86.5 cm³/mol. The summed E-state index contributed by atoms with van der Waals surface area (Å²) in [5.41, 5.74) is -1.46. The van der Waals surface area contributed by atoms with Crippen LogP contribution in [0, 0.1) is 11.8 Å². The summed E-state index contributed by atoms with van der Waals surface area (Å²) < 4.78 is 56.8. The van der Waals surface area contributed by atoms with Gasteiger partial charge in [-0.15, -0.1) is 5.10 Å². The lowest BCUT2D eigenvalue weighted by Gasteiger charge is -2.18. The van der Waals surface area contributed by atoms with Crippen LogP contribution >= 0.6 is 0 Å². The van der Waals surface area contributed by atoms with Gasteiger partial charge in [0.1, 0.15) is 18.0 Å². The van der Waals surface area contributed by atoms with Crippen molar-refractivity contribution < 1.29 is 27.1 Å². The van der Waals surface area contributed by atoms with Crippen molar-refractivity contribution in [2.24, 2.45) is 0 Å². The van der Waals surface area contributed by atoms with Crippen LogP contribution in [0.2, 0.25) is 0 Å². The number of aromatic nitrogens is 2. The number of anilines is 1. The van der Waals surface area contributed by atoms with Gasteiger partial charge in [0.25, 0.3) is 5.91 Å². The predicted octanol–water partition coefficient (Wildman–Crippen LogP) is 1.22. The Morgan fingerprint density at radius 2 is 1.96 bits per heavy atom. The number of phenolic OH excluding ortho intramolecular Hbond substituents is 1. The minimum Gasteiger partial charge on any atom is -0.506 e. The zero-order chi connectivity index (χ0) is 18.9. The number of benzene rings is 1. The number of carbonyl (C=O) groups is 1. The molecule has 4 rings (SSSR count). The summed E-state index contributed by atoms with van der Waals surface area (Å²) >= 11 is 0. The zero-order valence-corrected chi connectivity index (χ0v) is 14.3. The number of hydrogen-bond acceptors (Lipinski definition) is 5. The summed E-state index contributed by atoms with van der Waals surface area (Å²) in [4.78, 5) is 11.4. The van der Waals surface area contributed by atoms with Gasteiger partial charge in [-0.05, 0) is 31.9 Å². The SMILES string of the molecule is CC1(n2cc(-c3ccc(O)c(N4CC(=O)NS4(=O)=O)c3F)c(F)n2)CC1. The first kappa shape index (κ1) is 16.8. The standard InChI is InChI=1S/C15H14F2N4O4S/c1-15(4-5-15)21-6-9(14(17)18-21)8-2-3-10(22)13(12(8)16)20-7-11(23)19-26(20,24)25/h2-3,6,22H,4-5,7H2,1H3,(H,19,23). The van der Waals surface area contributed by atoms with E-state index in [2.05, 4.69) is 5.10 Å². The Labute approximate surface area is 147 Å². The van der Waals surface area contributed by atoms with Gasteiger partial charge in [-0.2, -0.15) is 12.8 Å². The summed E-state index contributed by atoms with van der Waals surface area (Å²) in [6.07, 6.45) is 2.98. The molecule has 0 atom stereocenters. The maximum Gasteiger partial charge on any atom is 0.326 e. The topological polar surface area (TPSA) is 105 Å². The van der Waals surface area contributed by atoms with Crippen LogP contribution in [0.5, 0.6) is 5.75 Å². The molecule has 2 N–H and O–H groups in total. The van der Waals surface area contributed by atoms with E-state index in [4.69, 9.17) is 0 Å². The van der Waals surface area contributed by atoms with Crippen molar-refractivity contribution in [3.05, 3.63) is 30.1 Å². The highest BCUT2D eigenvalue weighted by Crippen LogP contribution is 2.44. The van der Waals surface area contributed by atoms with Gasteiger partial charge in [0.15, 0.2) is 5.82 Å². The summed E-state index contributed by atoms with van der Waals surface area (Å²) in [5, 5.41) is 13.7. The fourth-order valence-corrected chi connectivity index (χ4v) is 4.03. The van der Waals surface area contributed by atoms with Crippen LogP contribution < -0.4 is 9.03 Å². The molecule has 1 saturated carbocycles. The van der Waals surface area contributed by atoms with Crippen LogP contribution in [0.4, 0.5) is 14.5 Å². The number of hydrogen-bond donors (Lipinski definition) is 2. The van der Waals surface area contributed by atoms with Crippen molar-refractivity contribution in [2.75, 3.05) is 10.8 Å². The molecule has 1 aliphatic heterocycles. The van der Waals surface area contributed by atoms with Gasteiger partial charge in [-0.3, -0.25) is 9.48 Å². The number of amides is 1. The first-order valence-corrected chi connectivity index (χ1v) is 9.17. The Morgan fingerprint density at radius 3 is 2.54 bits per heavy atom. The Kier molecular flexibility index (Phi) is 3.33. The molecular weight excluding hydrogens is 370 g/mol. The Bertz CT molecular complexity index is 1050. The van der Waals surface area contributed by atoms with E-state index in [0.29, 0.717) is 4.31 Å². The Hall–Kier alpha value is -2.69. The molecule has 0 unspecified atom stereocenters. The maximum atomic E-state index is 15.0. The monoisotopic (exact) mass is 384 g/mol. The number of rotatable bonds is 3. The largest absolute Gasteiger partial charge is 0.506 e. The van der Waals surface area contributed by atoms with Crippen molar-refractivity contribution in [3.63, 3.8) is 0 Å². The molecule has 2 fully saturated rings. The van der Waals surface area contributed by atoms with E-state index in [-0.39, 0.29) is 16.7 Å².